The van der Waals surface area contributed by atoms with Crippen LogP contribution in [0.15, 0.2) is 72.1 Å². The van der Waals surface area contributed by atoms with Crippen LogP contribution >= 0.6 is 11.3 Å². The fourth-order valence-electron chi connectivity index (χ4n) is 3.89. The summed E-state index contributed by atoms with van der Waals surface area (Å²) in [6.07, 6.45) is 1.76. The Hall–Kier alpha value is -2.96. The van der Waals surface area contributed by atoms with Gasteiger partial charge in [-0.1, -0.05) is 60.7 Å². The number of ether oxygens (including phenoxy) is 1. The normalized spacial score (nSPS) is 10.8. The number of carbonyl (C=O) groups is 2. The molecule has 1 aromatic heterocycles. The molecule has 2 aromatic carbocycles. The van der Waals surface area contributed by atoms with Crippen LogP contribution in [0.5, 0.6) is 0 Å². The largest absolute Gasteiger partial charge is 0.382 e. The van der Waals surface area contributed by atoms with Gasteiger partial charge in [0.15, 0.2) is 0 Å². The lowest BCUT2D eigenvalue weighted by Gasteiger charge is -2.28. The zero-order valence-electron chi connectivity index (χ0n) is 20.8. The van der Waals surface area contributed by atoms with Crippen molar-refractivity contribution in [1.82, 2.24) is 9.80 Å². The van der Waals surface area contributed by atoms with E-state index in [1.54, 1.807) is 16.2 Å². The molecule has 0 fully saturated rings. The van der Waals surface area contributed by atoms with Crippen LogP contribution in [-0.4, -0.2) is 47.9 Å². The minimum atomic E-state index is -0.0360. The molecule has 0 aliphatic heterocycles. The van der Waals surface area contributed by atoms with E-state index in [2.05, 4.69) is 18.4 Å². The highest BCUT2D eigenvalue weighted by Gasteiger charge is 2.22. The third kappa shape index (κ3) is 8.96. The van der Waals surface area contributed by atoms with Gasteiger partial charge in [-0.3, -0.25) is 9.59 Å². The predicted molar refractivity (Wildman–Crippen MR) is 142 cm³/mol. The Balaban J connectivity index is 1.70. The van der Waals surface area contributed by atoms with Gasteiger partial charge in [0, 0.05) is 37.6 Å². The molecule has 0 bridgehead atoms. The second-order valence-corrected chi connectivity index (χ2v) is 9.61. The summed E-state index contributed by atoms with van der Waals surface area (Å²) in [5.41, 5.74) is 3.39. The summed E-state index contributed by atoms with van der Waals surface area (Å²) in [6.45, 7) is 6.91. The average molecular weight is 493 g/mol. The molecule has 3 rings (SSSR count). The van der Waals surface area contributed by atoms with Crippen molar-refractivity contribution in [2.45, 2.75) is 46.2 Å². The third-order valence-corrected chi connectivity index (χ3v) is 6.95. The van der Waals surface area contributed by atoms with E-state index in [4.69, 9.17) is 4.74 Å². The Morgan fingerprint density at radius 1 is 0.857 bits per heavy atom. The molecular weight excluding hydrogens is 456 g/mol. The topological polar surface area (TPSA) is 49.9 Å². The maximum Gasteiger partial charge on any atom is 0.242 e. The summed E-state index contributed by atoms with van der Waals surface area (Å²) in [4.78, 5) is 31.5. The van der Waals surface area contributed by atoms with E-state index >= 15 is 0 Å². The first-order chi connectivity index (χ1) is 17.1. The number of nitrogens with zero attached hydrogens (tertiary/aromatic N) is 2. The summed E-state index contributed by atoms with van der Waals surface area (Å²) in [7, 11) is 0. The molecule has 0 saturated carbocycles. The Kier molecular flexibility index (Phi) is 11.0. The van der Waals surface area contributed by atoms with E-state index in [9.17, 15) is 9.59 Å². The smallest absolute Gasteiger partial charge is 0.242 e. The first-order valence-electron chi connectivity index (χ1n) is 12.3. The van der Waals surface area contributed by atoms with Crippen LogP contribution in [0.2, 0.25) is 0 Å². The molecule has 5 nitrogen and oxygen atoms in total. The highest BCUT2D eigenvalue weighted by Crippen LogP contribution is 2.20. The van der Waals surface area contributed by atoms with Gasteiger partial charge in [-0.05, 0) is 54.8 Å². The molecular formula is C29H36N2O3S. The molecule has 186 valence electrons. The number of benzene rings is 2. The molecule has 0 atom stereocenters. The molecule has 3 aromatic rings. The van der Waals surface area contributed by atoms with Crippen molar-refractivity contribution in [3.63, 3.8) is 0 Å². The van der Waals surface area contributed by atoms with Crippen LogP contribution in [0.4, 0.5) is 0 Å². The van der Waals surface area contributed by atoms with Crippen LogP contribution < -0.4 is 0 Å². The number of rotatable bonds is 14. The number of thiophene rings is 1. The molecule has 6 heteroatoms. The summed E-state index contributed by atoms with van der Waals surface area (Å²) in [5.74, 6) is -0.0307. The minimum absolute atomic E-state index is 0.00525. The van der Waals surface area contributed by atoms with E-state index in [0.717, 1.165) is 11.1 Å². The monoisotopic (exact) mass is 492 g/mol. The standard InChI is InChI=1S/C29H36N2O3S/c1-3-34-19-10-18-30(28(32)16-15-25-11-6-4-7-12-25)23-29(33)31(21-26-13-8-5-9-14-26)22-27-24(2)17-20-35-27/h4-9,11-14,17,20H,3,10,15-16,18-19,21-23H2,1-2H3. The molecule has 0 aliphatic carbocycles. The Bertz CT molecular complexity index is 1040. The lowest BCUT2D eigenvalue weighted by Crippen LogP contribution is -2.43. The molecule has 35 heavy (non-hydrogen) atoms. The van der Waals surface area contributed by atoms with E-state index in [0.29, 0.717) is 52.1 Å². The first-order valence-corrected chi connectivity index (χ1v) is 13.2. The van der Waals surface area contributed by atoms with E-state index in [1.807, 2.05) is 72.5 Å². The fraction of sp³-hybridized carbons (Fsp3) is 0.379. The van der Waals surface area contributed by atoms with Gasteiger partial charge < -0.3 is 14.5 Å². The summed E-state index contributed by atoms with van der Waals surface area (Å²) >= 11 is 1.67. The maximum atomic E-state index is 13.6. The number of hydrogen-bond donors (Lipinski definition) is 0. The number of carbonyl (C=O) groups excluding carboxylic acids is 2. The first kappa shape index (κ1) is 26.6. The van der Waals surface area contributed by atoms with Crippen molar-refractivity contribution in [2.24, 2.45) is 0 Å². The lowest BCUT2D eigenvalue weighted by molar-refractivity contribution is -0.141. The number of aryl methyl sites for hydroxylation is 2. The van der Waals surface area contributed by atoms with E-state index in [-0.39, 0.29) is 18.4 Å². The second-order valence-electron chi connectivity index (χ2n) is 8.61. The number of amides is 2. The van der Waals surface area contributed by atoms with Crippen LogP contribution in [-0.2, 0) is 33.8 Å². The van der Waals surface area contributed by atoms with Crippen molar-refractivity contribution in [2.75, 3.05) is 26.3 Å². The molecule has 0 saturated heterocycles. The van der Waals surface area contributed by atoms with Crippen molar-refractivity contribution in [3.8, 4) is 0 Å². The zero-order valence-corrected chi connectivity index (χ0v) is 21.6. The maximum absolute atomic E-state index is 13.6. The van der Waals surface area contributed by atoms with Gasteiger partial charge in [-0.25, -0.2) is 0 Å². The van der Waals surface area contributed by atoms with Gasteiger partial charge in [0.1, 0.15) is 0 Å². The SMILES string of the molecule is CCOCCCN(CC(=O)N(Cc1ccccc1)Cc1sccc1C)C(=O)CCc1ccccc1. The molecule has 0 N–H and O–H groups in total. The predicted octanol–water partition coefficient (Wildman–Crippen LogP) is 5.47. The van der Waals surface area contributed by atoms with Gasteiger partial charge >= 0.3 is 0 Å². The van der Waals surface area contributed by atoms with Crippen LogP contribution in [0.3, 0.4) is 0 Å². The lowest BCUT2D eigenvalue weighted by atomic mass is 10.1. The third-order valence-electron chi connectivity index (χ3n) is 5.94. The zero-order chi connectivity index (χ0) is 24.9. The van der Waals surface area contributed by atoms with Crippen molar-refractivity contribution in [1.29, 1.82) is 0 Å². The summed E-state index contributed by atoms with van der Waals surface area (Å²) in [5, 5.41) is 2.06. The molecule has 1 heterocycles. The molecule has 0 radical (unpaired) electrons. The second kappa shape index (κ2) is 14.4. The Morgan fingerprint density at radius 3 is 2.17 bits per heavy atom. The quantitative estimate of drug-likeness (QED) is 0.280. The van der Waals surface area contributed by atoms with Crippen molar-refractivity contribution in [3.05, 3.63) is 93.7 Å². The van der Waals surface area contributed by atoms with Gasteiger partial charge in [0.2, 0.25) is 11.8 Å². The van der Waals surface area contributed by atoms with Crippen molar-refractivity contribution < 1.29 is 14.3 Å². The Labute approximate surface area is 213 Å². The van der Waals surface area contributed by atoms with Gasteiger partial charge in [-0.15, -0.1) is 11.3 Å². The summed E-state index contributed by atoms with van der Waals surface area (Å²) < 4.78 is 5.48. The minimum Gasteiger partial charge on any atom is -0.382 e. The molecule has 0 aliphatic rings. The molecule has 0 unspecified atom stereocenters. The van der Waals surface area contributed by atoms with Gasteiger partial charge in [0.05, 0.1) is 13.1 Å². The molecule has 0 spiro atoms. The van der Waals surface area contributed by atoms with E-state index in [1.165, 1.54) is 10.4 Å². The summed E-state index contributed by atoms with van der Waals surface area (Å²) in [6, 6.07) is 22.1. The fourth-order valence-corrected chi connectivity index (χ4v) is 4.81. The van der Waals surface area contributed by atoms with Crippen molar-refractivity contribution >= 4 is 23.2 Å². The van der Waals surface area contributed by atoms with Gasteiger partial charge in [0.25, 0.3) is 0 Å². The number of hydrogen-bond acceptors (Lipinski definition) is 4. The van der Waals surface area contributed by atoms with Crippen LogP contribution in [0, 0.1) is 6.92 Å². The highest BCUT2D eigenvalue weighted by molar-refractivity contribution is 7.10. The van der Waals surface area contributed by atoms with Crippen LogP contribution in [0.25, 0.3) is 0 Å². The van der Waals surface area contributed by atoms with Crippen LogP contribution in [0.1, 0.15) is 41.3 Å². The highest BCUT2D eigenvalue weighted by atomic mass is 32.1. The average Bonchev–Trinajstić information content (AvgIpc) is 3.29. The Morgan fingerprint density at radius 2 is 1.54 bits per heavy atom. The molecule has 2 amide bonds. The van der Waals surface area contributed by atoms with E-state index < -0.39 is 0 Å². The van der Waals surface area contributed by atoms with Gasteiger partial charge in [-0.2, -0.15) is 0 Å².